The number of rotatable bonds is 12. The van der Waals surface area contributed by atoms with Crippen LogP contribution in [0, 0.1) is 0 Å². The number of ketones is 1. The van der Waals surface area contributed by atoms with E-state index in [0.29, 0.717) is 129 Å². The van der Waals surface area contributed by atoms with Crippen LogP contribution in [-0.2, 0) is 35.5 Å². The van der Waals surface area contributed by atoms with E-state index >= 15 is 0 Å². The monoisotopic (exact) mass is 794 g/mol. The number of nitrogen functional groups attached to an aromatic ring is 2. The van der Waals surface area contributed by atoms with E-state index in [4.69, 9.17) is 25.7 Å². The Morgan fingerprint density at radius 3 is 2.31 bits per heavy atom. The highest BCUT2D eigenvalue weighted by Crippen LogP contribution is 2.33. The van der Waals surface area contributed by atoms with Crippen LogP contribution >= 0.6 is 0 Å². The van der Waals surface area contributed by atoms with Crippen LogP contribution in [0.4, 0.5) is 23.7 Å². The summed E-state index contributed by atoms with van der Waals surface area (Å²) in [5.74, 6) is 1.64. The van der Waals surface area contributed by atoms with Crippen LogP contribution in [0.15, 0.2) is 71.9 Å². The molecule has 1 fully saturated rings. The molecule has 4 N–H and O–H groups in total. The average molecular weight is 795 g/mol. The number of fused-ring (bicyclic) bond motifs is 3. The predicted molar refractivity (Wildman–Crippen MR) is 219 cm³/mol. The first-order valence-electron chi connectivity index (χ1n) is 19.5. The van der Waals surface area contributed by atoms with E-state index in [2.05, 4.69) is 62.9 Å². The summed E-state index contributed by atoms with van der Waals surface area (Å²) < 4.78 is 12.3. The van der Waals surface area contributed by atoms with Gasteiger partial charge in [-0.3, -0.25) is 9.59 Å². The maximum absolute atomic E-state index is 13.6. The van der Waals surface area contributed by atoms with Gasteiger partial charge >= 0.3 is 0 Å². The van der Waals surface area contributed by atoms with Crippen LogP contribution in [0.25, 0.3) is 33.4 Å². The summed E-state index contributed by atoms with van der Waals surface area (Å²) in [5, 5.41) is 5.60. The predicted octanol–water partition coefficient (Wildman–Crippen LogP) is 3.49. The highest BCUT2D eigenvalue weighted by Gasteiger charge is 2.25. The van der Waals surface area contributed by atoms with Gasteiger partial charge in [0.1, 0.15) is 29.1 Å². The summed E-state index contributed by atoms with van der Waals surface area (Å²) in [4.78, 5) is 63.0. The Labute approximate surface area is 338 Å². The molecule has 5 aromatic heterocycles. The van der Waals surface area contributed by atoms with Crippen molar-refractivity contribution in [2.45, 2.75) is 38.8 Å². The standard InChI is InChI=1S/C41H42N14O4/c1-58-15-9-31(56)6-3-26-18-44-40(45-19-26)52-11-13-53(14-12-52)41-46-20-30(21-47-41)38(57)54-10-8-27-16-25(2-4-29(27)23-54)22-55-37-34(36(42)48-24-49-37)35(51-55)28-5-7-33-32(17-28)50-39(43)59-33/h2,4-5,7,16-21,24H,3,6,8-15,22-23H2,1H3,(H2,43,50)(H2,42,48,49). The van der Waals surface area contributed by atoms with Crippen LogP contribution in [0.3, 0.4) is 0 Å². The quantitative estimate of drug-likeness (QED) is 0.180. The van der Waals surface area contributed by atoms with Crippen LogP contribution in [0.1, 0.15) is 45.5 Å². The fourth-order valence-corrected chi connectivity index (χ4v) is 7.64. The number of nitrogens with zero attached hydrogens (tertiary/aromatic N) is 12. The summed E-state index contributed by atoms with van der Waals surface area (Å²) in [6.45, 7) is 4.74. The molecule has 18 nitrogen and oxygen atoms in total. The van der Waals surface area contributed by atoms with Gasteiger partial charge in [-0.15, -0.1) is 0 Å². The highest BCUT2D eigenvalue weighted by molar-refractivity contribution is 5.99. The lowest BCUT2D eigenvalue weighted by Gasteiger charge is -2.34. The second kappa shape index (κ2) is 16.0. The molecule has 0 atom stereocenters. The molecule has 0 radical (unpaired) electrons. The van der Waals surface area contributed by atoms with Gasteiger partial charge in [0.25, 0.3) is 11.9 Å². The van der Waals surface area contributed by atoms with E-state index < -0.39 is 0 Å². The third kappa shape index (κ3) is 7.81. The molecule has 300 valence electrons. The van der Waals surface area contributed by atoms with E-state index in [-0.39, 0.29) is 17.7 Å². The fourth-order valence-electron chi connectivity index (χ4n) is 7.64. The Bertz CT molecular complexity index is 2650. The van der Waals surface area contributed by atoms with Crippen LogP contribution in [-0.4, -0.2) is 108 Å². The molecule has 0 saturated carbocycles. The van der Waals surface area contributed by atoms with Crippen molar-refractivity contribution in [2.24, 2.45) is 0 Å². The van der Waals surface area contributed by atoms with Gasteiger partial charge in [-0.2, -0.15) is 10.1 Å². The first-order valence-corrected chi connectivity index (χ1v) is 19.5. The molecule has 7 heterocycles. The first kappa shape index (κ1) is 37.5. The first-order chi connectivity index (χ1) is 28.8. The van der Waals surface area contributed by atoms with Crippen LogP contribution in [0.2, 0.25) is 0 Å². The molecule has 2 aromatic carbocycles. The highest BCUT2D eigenvalue weighted by atomic mass is 16.5. The number of hydrogen-bond acceptors (Lipinski definition) is 16. The van der Waals surface area contributed by atoms with Crippen molar-refractivity contribution in [3.8, 4) is 11.3 Å². The molecule has 18 heteroatoms. The molecule has 0 spiro atoms. The number of Topliss-reactive ketones (excluding diaryl/α,β-unsaturated/α-hetero) is 1. The van der Waals surface area contributed by atoms with E-state index in [0.717, 1.165) is 22.3 Å². The maximum Gasteiger partial charge on any atom is 0.292 e. The van der Waals surface area contributed by atoms with Crippen LogP contribution in [0.5, 0.6) is 0 Å². The minimum atomic E-state index is -0.102. The Kier molecular flexibility index (Phi) is 10.2. The minimum Gasteiger partial charge on any atom is -0.424 e. The van der Waals surface area contributed by atoms with E-state index in [9.17, 15) is 9.59 Å². The van der Waals surface area contributed by atoms with Gasteiger partial charge in [0.2, 0.25) is 11.9 Å². The lowest BCUT2D eigenvalue weighted by Crippen LogP contribution is -2.47. The molecule has 1 amide bonds. The third-order valence-corrected chi connectivity index (χ3v) is 10.8. The van der Waals surface area contributed by atoms with Gasteiger partial charge in [0.05, 0.1) is 24.1 Å². The van der Waals surface area contributed by atoms with E-state index in [1.54, 1.807) is 38.0 Å². The molecule has 59 heavy (non-hydrogen) atoms. The van der Waals surface area contributed by atoms with Crippen molar-refractivity contribution in [1.82, 2.24) is 49.6 Å². The molecule has 1 saturated heterocycles. The summed E-state index contributed by atoms with van der Waals surface area (Å²) >= 11 is 0. The largest absolute Gasteiger partial charge is 0.424 e. The summed E-state index contributed by atoms with van der Waals surface area (Å²) in [6, 6.07) is 12.0. The number of carbonyl (C=O) groups excluding carboxylic acids is 2. The third-order valence-electron chi connectivity index (χ3n) is 10.8. The Balaban J connectivity index is 0.808. The average Bonchev–Trinajstić information content (AvgIpc) is 3.84. The number of carbonyl (C=O) groups is 2. The van der Waals surface area contributed by atoms with Gasteiger partial charge in [0.15, 0.2) is 11.2 Å². The number of oxazole rings is 1. The maximum atomic E-state index is 13.6. The fraction of sp³-hybridized carbons (Fsp3) is 0.317. The number of anilines is 4. The summed E-state index contributed by atoms with van der Waals surface area (Å²) in [5.41, 5.74) is 20.1. The van der Waals surface area contributed by atoms with E-state index in [1.807, 2.05) is 21.7 Å². The number of benzene rings is 2. The number of ether oxygens (including phenoxy) is 1. The number of methoxy groups -OCH3 is 1. The summed E-state index contributed by atoms with van der Waals surface area (Å²) in [6.07, 6.45) is 10.5. The second-order valence-electron chi connectivity index (χ2n) is 14.7. The number of piperazine rings is 1. The van der Waals surface area contributed by atoms with Gasteiger partial charge in [-0.1, -0.05) is 18.2 Å². The molecular formula is C41H42N14O4. The number of nitrogens with two attached hydrogens (primary N) is 2. The van der Waals surface area contributed by atoms with Crippen molar-refractivity contribution in [1.29, 1.82) is 0 Å². The molecule has 0 bridgehead atoms. The Hall–Kier alpha value is -7.08. The minimum absolute atomic E-state index is 0.0955. The Morgan fingerprint density at radius 2 is 1.56 bits per heavy atom. The molecule has 9 rings (SSSR count). The molecule has 0 unspecified atom stereocenters. The lowest BCUT2D eigenvalue weighted by atomic mass is 9.97. The molecule has 7 aromatic rings. The van der Waals surface area contributed by atoms with Gasteiger partial charge in [-0.05, 0) is 53.3 Å². The van der Waals surface area contributed by atoms with E-state index in [1.165, 1.54) is 11.9 Å². The molecule has 0 aliphatic carbocycles. The number of aromatic nitrogens is 9. The smallest absolute Gasteiger partial charge is 0.292 e. The Morgan fingerprint density at radius 1 is 0.814 bits per heavy atom. The van der Waals surface area contributed by atoms with Gasteiger partial charge < -0.3 is 35.3 Å². The van der Waals surface area contributed by atoms with Crippen molar-refractivity contribution < 1.29 is 18.7 Å². The topological polar surface area (TPSA) is 226 Å². The number of hydrogen-bond donors (Lipinski definition) is 2. The summed E-state index contributed by atoms with van der Waals surface area (Å²) in [7, 11) is 1.59. The zero-order chi connectivity index (χ0) is 40.5. The zero-order valence-corrected chi connectivity index (χ0v) is 32.5. The van der Waals surface area contributed by atoms with Crippen molar-refractivity contribution in [3.63, 3.8) is 0 Å². The normalized spacial score (nSPS) is 14.3. The number of aryl methyl sites for hydroxylation is 1. The zero-order valence-electron chi connectivity index (χ0n) is 32.5. The SMILES string of the molecule is COCCC(=O)CCc1cnc(N2CCN(c3ncc(C(=O)N4CCc5cc(Cn6nc(-c7ccc8oc(N)nc8c7)c7c(N)ncnc76)ccc5C4)cn3)CC2)nc1. The van der Waals surface area contributed by atoms with Gasteiger partial charge in [-0.25, -0.2) is 34.6 Å². The van der Waals surface area contributed by atoms with Crippen LogP contribution < -0.4 is 21.3 Å². The van der Waals surface area contributed by atoms with Crippen molar-refractivity contribution in [2.75, 3.05) is 67.7 Å². The lowest BCUT2D eigenvalue weighted by molar-refractivity contribution is -0.119. The molecule has 2 aliphatic rings. The number of amides is 1. The van der Waals surface area contributed by atoms with Crippen molar-refractivity contribution in [3.05, 3.63) is 95.3 Å². The molecular weight excluding hydrogens is 753 g/mol. The van der Waals surface area contributed by atoms with Gasteiger partial charge in [0, 0.05) is 89.6 Å². The van der Waals surface area contributed by atoms with Crippen molar-refractivity contribution >= 4 is 57.6 Å². The molecule has 2 aliphatic heterocycles. The second-order valence-corrected chi connectivity index (χ2v) is 14.7.